The largest absolute Gasteiger partial charge is 0.451 e. The van der Waals surface area contributed by atoms with Crippen LogP contribution in [0.25, 0.3) is 11.3 Å². The number of furan rings is 1. The zero-order valence-corrected chi connectivity index (χ0v) is 11.4. The molecule has 4 nitrogen and oxygen atoms in total. The summed E-state index contributed by atoms with van der Waals surface area (Å²) in [7, 11) is 0. The molecule has 1 heterocycles. The van der Waals surface area contributed by atoms with Gasteiger partial charge in [0, 0.05) is 17.5 Å². The minimum Gasteiger partial charge on any atom is -0.451 e. The molecular formula is C16H16FNO3. The Bertz CT molecular complexity index is 644. The van der Waals surface area contributed by atoms with Crippen LogP contribution >= 0.6 is 0 Å². The van der Waals surface area contributed by atoms with E-state index in [0.29, 0.717) is 17.9 Å². The Morgan fingerprint density at radius 1 is 1.24 bits per heavy atom. The summed E-state index contributed by atoms with van der Waals surface area (Å²) >= 11 is 0. The van der Waals surface area contributed by atoms with E-state index < -0.39 is 0 Å². The highest BCUT2D eigenvalue weighted by molar-refractivity contribution is 5.92. The lowest BCUT2D eigenvalue weighted by Crippen LogP contribution is -2.31. The number of nitrogens with one attached hydrogen (secondary N) is 1. The van der Waals surface area contributed by atoms with Crippen molar-refractivity contribution in [2.45, 2.75) is 12.8 Å². The highest BCUT2D eigenvalue weighted by atomic mass is 19.1. The Morgan fingerprint density at radius 2 is 1.95 bits per heavy atom. The molecule has 2 aromatic rings. The number of amides is 1. The van der Waals surface area contributed by atoms with Crippen LogP contribution < -0.4 is 5.32 Å². The van der Waals surface area contributed by atoms with Crippen LogP contribution in [0.2, 0.25) is 0 Å². The average Bonchev–Trinajstić information content (AvgIpc) is 3.12. The van der Waals surface area contributed by atoms with Gasteiger partial charge in [-0.15, -0.1) is 0 Å². The standard InChI is InChI=1S/C16H16FNO3/c17-12-3-1-11(2-4-12)13-5-6-14(21-13)15(20)18-9-16(10-19)7-8-16/h1-6,19H,7-10H2,(H,18,20). The molecular weight excluding hydrogens is 273 g/mol. The van der Waals surface area contributed by atoms with Gasteiger partial charge in [0.05, 0.1) is 6.61 Å². The molecule has 1 aliphatic carbocycles. The molecule has 0 unspecified atom stereocenters. The van der Waals surface area contributed by atoms with Gasteiger partial charge in [-0.1, -0.05) is 0 Å². The number of aliphatic hydroxyl groups is 1. The number of rotatable bonds is 5. The summed E-state index contributed by atoms with van der Waals surface area (Å²) < 4.78 is 18.4. The van der Waals surface area contributed by atoms with Crippen molar-refractivity contribution in [3.05, 3.63) is 48.0 Å². The van der Waals surface area contributed by atoms with Crippen molar-refractivity contribution in [3.63, 3.8) is 0 Å². The van der Waals surface area contributed by atoms with E-state index in [4.69, 9.17) is 4.42 Å². The third kappa shape index (κ3) is 2.97. The van der Waals surface area contributed by atoms with Crippen molar-refractivity contribution < 1.29 is 18.7 Å². The maximum Gasteiger partial charge on any atom is 0.287 e. The second-order valence-electron chi connectivity index (χ2n) is 5.51. The lowest BCUT2D eigenvalue weighted by molar-refractivity contribution is 0.0908. The Balaban J connectivity index is 1.66. The molecule has 0 atom stereocenters. The fourth-order valence-corrected chi connectivity index (χ4v) is 2.15. The SMILES string of the molecule is O=C(NCC1(CO)CC1)c1ccc(-c2ccc(F)cc2)o1. The summed E-state index contributed by atoms with van der Waals surface area (Å²) in [4.78, 5) is 12.0. The number of hydrogen-bond donors (Lipinski definition) is 2. The van der Waals surface area contributed by atoms with Crippen molar-refractivity contribution in [3.8, 4) is 11.3 Å². The monoisotopic (exact) mass is 289 g/mol. The van der Waals surface area contributed by atoms with Gasteiger partial charge < -0.3 is 14.8 Å². The summed E-state index contributed by atoms with van der Waals surface area (Å²) in [5.41, 5.74) is 0.576. The second-order valence-corrected chi connectivity index (χ2v) is 5.51. The summed E-state index contributed by atoms with van der Waals surface area (Å²) in [6, 6.07) is 9.15. The third-order valence-corrected chi connectivity index (χ3v) is 3.87. The highest BCUT2D eigenvalue weighted by Crippen LogP contribution is 2.44. The maximum atomic E-state index is 12.9. The smallest absolute Gasteiger partial charge is 0.287 e. The van der Waals surface area contributed by atoms with Gasteiger partial charge >= 0.3 is 0 Å². The normalized spacial score (nSPS) is 15.7. The van der Waals surface area contributed by atoms with Gasteiger partial charge in [0.25, 0.3) is 5.91 Å². The first-order valence-corrected chi connectivity index (χ1v) is 6.87. The van der Waals surface area contributed by atoms with E-state index >= 15 is 0 Å². The molecule has 1 aromatic carbocycles. The summed E-state index contributed by atoms with van der Waals surface area (Å²) in [5.74, 6) is 0.108. The fourth-order valence-electron chi connectivity index (χ4n) is 2.15. The molecule has 110 valence electrons. The van der Waals surface area contributed by atoms with Crippen molar-refractivity contribution in [2.24, 2.45) is 5.41 Å². The Morgan fingerprint density at radius 3 is 2.57 bits per heavy atom. The van der Waals surface area contributed by atoms with Gasteiger partial charge in [0.2, 0.25) is 0 Å². The molecule has 1 fully saturated rings. The molecule has 0 bridgehead atoms. The highest BCUT2D eigenvalue weighted by Gasteiger charge is 2.42. The van der Waals surface area contributed by atoms with Gasteiger partial charge in [-0.05, 0) is 49.2 Å². The van der Waals surface area contributed by atoms with E-state index in [1.807, 2.05) is 0 Å². The zero-order valence-electron chi connectivity index (χ0n) is 11.4. The molecule has 1 amide bonds. The van der Waals surface area contributed by atoms with E-state index in [-0.39, 0.29) is 29.5 Å². The molecule has 0 radical (unpaired) electrons. The maximum absolute atomic E-state index is 12.9. The lowest BCUT2D eigenvalue weighted by atomic mass is 10.1. The van der Waals surface area contributed by atoms with E-state index in [9.17, 15) is 14.3 Å². The van der Waals surface area contributed by atoms with Crippen molar-refractivity contribution in [1.29, 1.82) is 0 Å². The van der Waals surface area contributed by atoms with E-state index in [0.717, 1.165) is 12.8 Å². The van der Waals surface area contributed by atoms with Crippen LogP contribution in [-0.4, -0.2) is 24.2 Å². The van der Waals surface area contributed by atoms with E-state index in [1.165, 1.54) is 12.1 Å². The molecule has 2 N–H and O–H groups in total. The molecule has 0 aliphatic heterocycles. The Labute approximate surface area is 121 Å². The number of carbonyl (C=O) groups excluding carboxylic acids is 1. The van der Waals surface area contributed by atoms with E-state index in [1.54, 1.807) is 24.3 Å². The zero-order chi connectivity index (χ0) is 14.9. The molecule has 1 saturated carbocycles. The minimum atomic E-state index is -0.318. The molecule has 0 saturated heterocycles. The number of hydrogen-bond acceptors (Lipinski definition) is 3. The van der Waals surface area contributed by atoms with Crippen LogP contribution in [0, 0.1) is 11.2 Å². The fraction of sp³-hybridized carbons (Fsp3) is 0.312. The quantitative estimate of drug-likeness (QED) is 0.889. The van der Waals surface area contributed by atoms with Crippen LogP contribution in [0.3, 0.4) is 0 Å². The molecule has 5 heteroatoms. The summed E-state index contributed by atoms with van der Waals surface area (Å²) in [6.07, 6.45) is 1.87. The predicted molar refractivity (Wildman–Crippen MR) is 75.2 cm³/mol. The molecule has 1 aliphatic rings. The summed E-state index contributed by atoms with van der Waals surface area (Å²) in [6.45, 7) is 0.543. The van der Waals surface area contributed by atoms with Crippen LogP contribution in [0.5, 0.6) is 0 Å². The van der Waals surface area contributed by atoms with Gasteiger partial charge in [0.1, 0.15) is 11.6 Å². The number of halogens is 1. The Kier molecular flexibility index (Phi) is 3.51. The third-order valence-electron chi connectivity index (χ3n) is 3.87. The van der Waals surface area contributed by atoms with Crippen molar-refractivity contribution in [1.82, 2.24) is 5.32 Å². The average molecular weight is 289 g/mol. The lowest BCUT2D eigenvalue weighted by Gasteiger charge is -2.11. The van der Waals surface area contributed by atoms with Gasteiger partial charge in [-0.2, -0.15) is 0 Å². The number of aliphatic hydroxyl groups excluding tert-OH is 1. The topological polar surface area (TPSA) is 62.5 Å². The van der Waals surface area contributed by atoms with Gasteiger partial charge in [-0.3, -0.25) is 4.79 Å². The molecule has 1 aromatic heterocycles. The van der Waals surface area contributed by atoms with Crippen LogP contribution in [-0.2, 0) is 0 Å². The van der Waals surface area contributed by atoms with Gasteiger partial charge in [-0.25, -0.2) is 4.39 Å². The molecule has 21 heavy (non-hydrogen) atoms. The molecule has 3 rings (SSSR count). The first kappa shape index (κ1) is 13.8. The minimum absolute atomic E-state index is 0.0895. The predicted octanol–water partition coefficient (Wildman–Crippen LogP) is 2.59. The van der Waals surface area contributed by atoms with Crippen LogP contribution in [0.1, 0.15) is 23.4 Å². The number of carbonyl (C=O) groups is 1. The number of benzene rings is 1. The first-order chi connectivity index (χ1) is 10.1. The van der Waals surface area contributed by atoms with Crippen LogP contribution in [0.4, 0.5) is 4.39 Å². The summed E-state index contributed by atoms with van der Waals surface area (Å²) in [5, 5.41) is 12.0. The van der Waals surface area contributed by atoms with Gasteiger partial charge in [0.15, 0.2) is 5.76 Å². The van der Waals surface area contributed by atoms with Crippen molar-refractivity contribution in [2.75, 3.05) is 13.2 Å². The van der Waals surface area contributed by atoms with Crippen molar-refractivity contribution >= 4 is 5.91 Å². The molecule has 0 spiro atoms. The van der Waals surface area contributed by atoms with E-state index in [2.05, 4.69) is 5.32 Å². The second kappa shape index (κ2) is 5.33. The van der Waals surface area contributed by atoms with Crippen LogP contribution in [0.15, 0.2) is 40.8 Å². The first-order valence-electron chi connectivity index (χ1n) is 6.87. The Hall–Kier alpha value is -2.14.